The maximum Gasteiger partial charge on any atom is 0.232 e. The highest BCUT2D eigenvalue weighted by molar-refractivity contribution is 7.92. The molecule has 0 radical (unpaired) electrons. The van der Waals surface area contributed by atoms with Gasteiger partial charge in [-0.05, 0) is 55.6 Å². The van der Waals surface area contributed by atoms with Crippen LogP contribution in [0.3, 0.4) is 0 Å². The van der Waals surface area contributed by atoms with Crippen molar-refractivity contribution >= 4 is 50.6 Å². The Hall–Kier alpha value is -3.70. The number of piperidine rings is 1. The molecule has 0 atom stereocenters. The maximum absolute atomic E-state index is 15.3. The minimum atomic E-state index is -3.46. The van der Waals surface area contributed by atoms with Gasteiger partial charge in [0.25, 0.3) is 0 Å². The average Bonchev–Trinajstić information content (AvgIpc) is 3.37. The Balaban J connectivity index is 1.22. The fourth-order valence-corrected chi connectivity index (χ4v) is 6.57. The van der Waals surface area contributed by atoms with Crippen molar-refractivity contribution in [1.29, 1.82) is 0 Å². The number of sulfonamides is 1. The highest BCUT2D eigenvalue weighted by Gasteiger charge is 2.43. The van der Waals surface area contributed by atoms with Crippen molar-refractivity contribution < 1.29 is 12.8 Å². The van der Waals surface area contributed by atoms with Crippen molar-refractivity contribution in [3.63, 3.8) is 0 Å². The molecule has 40 heavy (non-hydrogen) atoms. The summed E-state index contributed by atoms with van der Waals surface area (Å²) in [5.41, 5.74) is 4.36. The van der Waals surface area contributed by atoms with E-state index in [0.717, 1.165) is 56.5 Å². The molecular weight excluding hydrogens is 529 g/mol. The summed E-state index contributed by atoms with van der Waals surface area (Å²) >= 11 is 0. The van der Waals surface area contributed by atoms with Crippen LogP contribution >= 0.6 is 0 Å². The number of hydrogen-bond acceptors (Lipinski definition) is 8. The van der Waals surface area contributed by atoms with Gasteiger partial charge < -0.3 is 20.4 Å². The SMILES string of the molecule is CN1CC2(CCN(c3ccc(Nc4nc5c(c(Nc6ccccc6N(C)S(C)(=O)=O)n4)C=CC5)cc3F)CC2)C1. The minimum absolute atomic E-state index is 0.273. The van der Waals surface area contributed by atoms with Crippen molar-refractivity contribution in [2.45, 2.75) is 19.3 Å². The van der Waals surface area contributed by atoms with Crippen LogP contribution in [0.5, 0.6) is 0 Å². The van der Waals surface area contributed by atoms with Crippen LogP contribution in [0.2, 0.25) is 0 Å². The predicted octanol–water partition coefficient (Wildman–Crippen LogP) is 4.60. The van der Waals surface area contributed by atoms with E-state index in [0.29, 0.717) is 46.4 Å². The van der Waals surface area contributed by atoms with Gasteiger partial charge >= 0.3 is 0 Å². The van der Waals surface area contributed by atoms with Crippen molar-refractivity contribution in [2.24, 2.45) is 5.41 Å². The lowest BCUT2D eigenvalue weighted by molar-refractivity contribution is 0.00123. The lowest BCUT2D eigenvalue weighted by atomic mass is 9.72. The summed E-state index contributed by atoms with van der Waals surface area (Å²) in [6.07, 6.45) is 7.94. The molecule has 0 amide bonds. The number of fused-ring (bicyclic) bond motifs is 1. The lowest BCUT2D eigenvalue weighted by Gasteiger charge is -2.53. The Morgan fingerprint density at radius 2 is 1.80 bits per heavy atom. The van der Waals surface area contributed by atoms with Gasteiger partial charge in [0.05, 0.1) is 29.0 Å². The molecule has 3 aromatic rings. The molecule has 11 heteroatoms. The number of nitrogens with one attached hydrogen (secondary N) is 2. The topological polar surface area (TPSA) is 93.7 Å². The fourth-order valence-electron chi connectivity index (χ4n) is 6.05. The molecule has 0 saturated carbocycles. The zero-order valence-corrected chi connectivity index (χ0v) is 23.8. The van der Waals surface area contributed by atoms with Gasteiger partial charge in [0.15, 0.2) is 0 Å². The Kier molecular flexibility index (Phi) is 6.66. The molecule has 9 nitrogen and oxygen atoms in total. The van der Waals surface area contributed by atoms with Gasteiger partial charge in [0, 0.05) is 50.9 Å². The third-order valence-corrected chi connectivity index (χ3v) is 9.39. The standard InChI is InChI=1S/C29H34FN7O2S/c1-35-18-29(19-35)13-15-37(16-14-29)25-12-11-20(17-22(25)30)31-28-33-23-9-6-7-21(23)27(34-28)32-24-8-4-5-10-26(24)36(2)40(3,38)39/h4-8,10-12,17H,9,13-16,18-19H2,1-3H3,(H2,31,32,33,34). The molecule has 3 heterocycles. The van der Waals surface area contributed by atoms with Crippen molar-refractivity contribution in [3.05, 3.63) is 65.6 Å². The summed E-state index contributed by atoms with van der Waals surface area (Å²) < 4.78 is 40.9. The van der Waals surface area contributed by atoms with E-state index in [9.17, 15) is 8.42 Å². The molecule has 1 spiro atoms. The summed E-state index contributed by atoms with van der Waals surface area (Å²) in [5, 5.41) is 6.47. The number of aromatic nitrogens is 2. The van der Waals surface area contributed by atoms with Crippen LogP contribution < -0.4 is 19.8 Å². The van der Waals surface area contributed by atoms with E-state index in [1.165, 1.54) is 17.4 Å². The second-order valence-corrected chi connectivity index (χ2v) is 13.2. The molecular formula is C29H34FN7O2S. The van der Waals surface area contributed by atoms with Crippen LogP contribution in [0.15, 0.2) is 48.5 Å². The first kappa shape index (κ1) is 26.5. The minimum Gasteiger partial charge on any atom is -0.369 e. The number of nitrogens with zero attached hydrogens (tertiary/aromatic N) is 5. The molecule has 2 saturated heterocycles. The van der Waals surface area contributed by atoms with E-state index in [2.05, 4.69) is 37.4 Å². The molecule has 1 aromatic heterocycles. The summed E-state index contributed by atoms with van der Waals surface area (Å²) in [6.45, 7) is 4.01. The molecule has 0 bridgehead atoms. The lowest BCUT2D eigenvalue weighted by Crippen LogP contribution is -2.58. The van der Waals surface area contributed by atoms with E-state index in [1.807, 2.05) is 30.4 Å². The first-order valence-corrected chi connectivity index (χ1v) is 15.3. The summed E-state index contributed by atoms with van der Waals surface area (Å²) in [7, 11) is 0.206. The Labute approximate surface area is 234 Å². The Bertz CT molecular complexity index is 1580. The van der Waals surface area contributed by atoms with Gasteiger partial charge in [0.1, 0.15) is 11.6 Å². The monoisotopic (exact) mass is 563 g/mol. The molecule has 6 rings (SSSR count). The number of rotatable bonds is 7. The van der Waals surface area contributed by atoms with Crippen LogP contribution in [-0.4, -0.2) is 69.8 Å². The number of hydrogen-bond donors (Lipinski definition) is 2. The van der Waals surface area contributed by atoms with Gasteiger partial charge in [-0.25, -0.2) is 17.8 Å². The van der Waals surface area contributed by atoms with Gasteiger partial charge in [0.2, 0.25) is 16.0 Å². The maximum atomic E-state index is 15.3. The molecule has 0 unspecified atom stereocenters. The van der Waals surface area contributed by atoms with Crippen LogP contribution in [0.25, 0.3) is 6.08 Å². The van der Waals surface area contributed by atoms with Crippen LogP contribution in [0.4, 0.5) is 38.9 Å². The highest BCUT2D eigenvalue weighted by Crippen LogP contribution is 2.41. The molecule has 2 N–H and O–H groups in total. The summed E-state index contributed by atoms with van der Waals surface area (Å²) in [6, 6.07) is 12.3. The smallest absolute Gasteiger partial charge is 0.232 e. The van der Waals surface area contributed by atoms with Gasteiger partial charge in [-0.3, -0.25) is 4.31 Å². The first-order valence-electron chi connectivity index (χ1n) is 13.5. The fraction of sp³-hybridized carbons (Fsp3) is 0.379. The summed E-state index contributed by atoms with van der Waals surface area (Å²) in [4.78, 5) is 13.8. The van der Waals surface area contributed by atoms with Crippen molar-refractivity contribution in [1.82, 2.24) is 14.9 Å². The molecule has 2 fully saturated rings. The van der Waals surface area contributed by atoms with Crippen molar-refractivity contribution in [2.75, 3.05) is 66.4 Å². The van der Waals surface area contributed by atoms with E-state index >= 15 is 4.39 Å². The van der Waals surface area contributed by atoms with Crippen LogP contribution in [-0.2, 0) is 16.4 Å². The number of anilines is 6. The quantitative estimate of drug-likeness (QED) is 0.431. The third-order valence-electron chi connectivity index (χ3n) is 8.19. The number of para-hydroxylation sites is 2. The van der Waals surface area contributed by atoms with E-state index in [4.69, 9.17) is 0 Å². The second kappa shape index (κ2) is 10.0. The van der Waals surface area contributed by atoms with Crippen molar-refractivity contribution in [3.8, 4) is 0 Å². The van der Waals surface area contributed by atoms with Gasteiger partial charge in [-0.15, -0.1) is 0 Å². The van der Waals surface area contributed by atoms with E-state index in [1.54, 1.807) is 18.2 Å². The van der Waals surface area contributed by atoms with E-state index < -0.39 is 10.0 Å². The third kappa shape index (κ3) is 5.11. The molecule has 2 aromatic carbocycles. The predicted molar refractivity (Wildman–Crippen MR) is 159 cm³/mol. The molecule has 2 aliphatic heterocycles. The zero-order valence-electron chi connectivity index (χ0n) is 23.0. The number of allylic oxidation sites excluding steroid dienone is 1. The zero-order chi connectivity index (χ0) is 28.1. The average molecular weight is 564 g/mol. The second-order valence-electron chi connectivity index (χ2n) is 11.2. The van der Waals surface area contributed by atoms with Gasteiger partial charge in [-0.1, -0.05) is 24.3 Å². The summed E-state index contributed by atoms with van der Waals surface area (Å²) in [5.74, 6) is 0.599. The Morgan fingerprint density at radius 1 is 1.05 bits per heavy atom. The molecule has 3 aliphatic rings. The van der Waals surface area contributed by atoms with Crippen LogP contribution in [0.1, 0.15) is 24.1 Å². The normalized spacial score (nSPS) is 17.9. The number of benzene rings is 2. The molecule has 1 aliphatic carbocycles. The van der Waals surface area contributed by atoms with E-state index in [-0.39, 0.29) is 5.82 Å². The molecule has 210 valence electrons. The van der Waals surface area contributed by atoms with Crippen LogP contribution in [0, 0.1) is 11.2 Å². The van der Waals surface area contributed by atoms with Gasteiger partial charge in [-0.2, -0.15) is 4.98 Å². The largest absolute Gasteiger partial charge is 0.369 e. The Morgan fingerprint density at radius 3 is 2.50 bits per heavy atom. The highest BCUT2D eigenvalue weighted by atomic mass is 32.2. The number of halogens is 1. The number of likely N-dealkylation sites (tertiary alicyclic amines) is 1. The first-order chi connectivity index (χ1) is 19.1.